The molecule has 7 heavy (non-hydrogen) atoms. The van der Waals surface area contributed by atoms with Gasteiger partial charge in [0.1, 0.15) is 0 Å². The van der Waals surface area contributed by atoms with Gasteiger partial charge in [-0.05, 0) is 6.42 Å². The van der Waals surface area contributed by atoms with Crippen molar-refractivity contribution in [3.63, 3.8) is 0 Å². The first-order valence-electron chi connectivity index (χ1n) is 2.16. The Kier molecular flexibility index (Phi) is 1.34. The third-order valence-corrected chi connectivity index (χ3v) is 2.14. The molecule has 1 aliphatic rings. The van der Waals surface area contributed by atoms with Gasteiger partial charge in [0.25, 0.3) is 0 Å². The molecule has 0 saturated heterocycles. The highest BCUT2D eigenvalue weighted by molar-refractivity contribution is 7.84. The second-order valence-corrected chi connectivity index (χ2v) is 2.97. The van der Waals surface area contributed by atoms with Gasteiger partial charge in [-0.1, -0.05) is 0 Å². The lowest BCUT2D eigenvalue weighted by Crippen LogP contribution is -2.38. The van der Waals surface area contributed by atoms with Gasteiger partial charge in [0, 0.05) is 16.2 Å². The maximum absolute atomic E-state index is 7.09. The van der Waals surface area contributed by atoms with Gasteiger partial charge in [0.2, 0.25) is 0 Å². The topological polar surface area (TPSA) is 23.9 Å². The summed E-state index contributed by atoms with van der Waals surface area (Å²) in [5.41, 5.74) is 0.673. The molecule has 0 aromatic carbocycles. The summed E-state index contributed by atoms with van der Waals surface area (Å²) in [7, 11) is 0. The first-order valence-corrected chi connectivity index (χ1v) is 3.19. The standard InChI is InChI=1S/C4H7NS2/c5-4-2(6)1-3(4)7/h2-3,5-7H,1H2. The number of thiol groups is 2. The molecule has 3 heteroatoms. The van der Waals surface area contributed by atoms with Crippen molar-refractivity contribution >= 4 is 31.0 Å². The van der Waals surface area contributed by atoms with Crippen LogP contribution in [0, 0.1) is 5.41 Å². The van der Waals surface area contributed by atoms with Crippen molar-refractivity contribution in [1.82, 2.24) is 0 Å². The number of hydrogen-bond acceptors (Lipinski definition) is 3. The van der Waals surface area contributed by atoms with E-state index in [1.165, 1.54) is 0 Å². The van der Waals surface area contributed by atoms with E-state index in [9.17, 15) is 0 Å². The van der Waals surface area contributed by atoms with E-state index in [1.54, 1.807) is 0 Å². The Balaban J connectivity index is 2.44. The highest BCUT2D eigenvalue weighted by atomic mass is 32.1. The van der Waals surface area contributed by atoms with Crippen LogP contribution in [0.3, 0.4) is 0 Å². The second-order valence-electron chi connectivity index (χ2n) is 1.72. The molecule has 0 aromatic rings. The normalized spacial score (nSPS) is 40.6. The van der Waals surface area contributed by atoms with E-state index in [4.69, 9.17) is 5.41 Å². The van der Waals surface area contributed by atoms with Crippen LogP contribution in [-0.4, -0.2) is 16.2 Å². The quantitative estimate of drug-likeness (QED) is 0.411. The molecule has 40 valence electrons. The lowest BCUT2D eigenvalue weighted by atomic mass is 9.96. The average Bonchev–Trinajstić information content (AvgIpc) is 1.68. The van der Waals surface area contributed by atoms with Crippen LogP contribution in [0.1, 0.15) is 6.42 Å². The van der Waals surface area contributed by atoms with Gasteiger partial charge in [-0.2, -0.15) is 25.3 Å². The molecule has 0 amide bonds. The molecule has 1 fully saturated rings. The molecule has 2 atom stereocenters. The van der Waals surface area contributed by atoms with Crippen LogP contribution in [0.25, 0.3) is 0 Å². The molecular formula is C4H7NS2. The van der Waals surface area contributed by atoms with E-state index < -0.39 is 0 Å². The molecule has 0 bridgehead atoms. The van der Waals surface area contributed by atoms with Crippen LogP contribution in [-0.2, 0) is 0 Å². The molecular weight excluding hydrogens is 126 g/mol. The summed E-state index contributed by atoms with van der Waals surface area (Å²) in [5, 5.41) is 7.51. The predicted molar refractivity (Wildman–Crippen MR) is 37.9 cm³/mol. The van der Waals surface area contributed by atoms with E-state index in [2.05, 4.69) is 25.3 Å². The zero-order valence-corrected chi connectivity index (χ0v) is 5.55. The van der Waals surface area contributed by atoms with Crippen molar-refractivity contribution in [3.05, 3.63) is 0 Å². The zero-order valence-electron chi connectivity index (χ0n) is 3.76. The molecule has 1 saturated carbocycles. The molecule has 1 N–H and O–H groups in total. The maximum atomic E-state index is 7.09. The first kappa shape index (κ1) is 5.51. The summed E-state index contributed by atoms with van der Waals surface area (Å²) in [6, 6.07) is 0. The van der Waals surface area contributed by atoms with Gasteiger partial charge >= 0.3 is 0 Å². The predicted octanol–water partition coefficient (Wildman–Crippen LogP) is 1.01. The molecule has 0 heterocycles. The molecule has 0 spiro atoms. The molecule has 1 nitrogen and oxygen atoms in total. The molecule has 1 aliphatic carbocycles. The number of nitrogens with one attached hydrogen (secondary N) is 1. The zero-order chi connectivity index (χ0) is 5.44. The molecule has 0 aromatic heterocycles. The third-order valence-electron chi connectivity index (χ3n) is 1.16. The van der Waals surface area contributed by atoms with E-state index >= 15 is 0 Å². The molecule has 1 rings (SSSR count). The SMILES string of the molecule is N=C1C(S)CC1S. The minimum absolute atomic E-state index is 0.211. The highest BCUT2D eigenvalue weighted by Gasteiger charge is 2.29. The van der Waals surface area contributed by atoms with Crippen molar-refractivity contribution in [1.29, 1.82) is 5.41 Å². The van der Waals surface area contributed by atoms with E-state index in [-0.39, 0.29) is 10.5 Å². The average molecular weight is 133 g/mol. The lowest BCUT2D eigenvalue weighted by Gasteiger charge is -2.28. The minimum atomic E-state index is 0.211. The fraction of sp³-hybridized carbons (Fsp3) is 0.750. The Morgan fingerprint density at radius 3 is 1.86 bits per heavy atom. The Labute approximate surface area is 53.8 Å². The van der Waals surface area contributed by atoms with E-state index in [0.29, 0.717) is 5.71 Å². The van der Waals surface area contributed by atoms with Crippen LogP contribution in [0.5, 0.6) is 0 Å². The lowest BCUT2D eigenvalue weighted by molar-refractivity contribution is 0.835. The van der Waals surface area contributed by atoms with Crippen LogP contribution in [0.4, 0.5) is 0 Å². The smallest absolute Gasteiger partial charge is 0.0419 e. The number of rotatable bonds is 0. The summed E-state index contributed by atoms with van der Waals surface area (Å²) in [5.74, 6) is 0. The maximum Gasteiger partial charge on any atom is 0.0419 e. The van der Waals surface area contributed by atoms with Crippen LogP contribution in [0.15, 0.2) is 0 Å². The van der Waals surface area contributed by atoms with Crippen molar-refractivity contribution in [3.8, 4) is 0 Å². The highest BCUT2D eigenvalue weighted by Crippen LogP contribution is 2.25. The Hall–Kier alpha value is 0.370. The van der Waals surface area contributed by atoms with Gasteiger partial charge in [-0.25, -0.2) is 0 Å². The Morgan fingerprint density at radius 1 is 1.43 bits per heavy atom. The van der Waals surface area contributed by atoms with Gasteiger partial charge in [0.05, 0.1) is 0 Å². The summed E-state index contributed by atoms with van der Waals surface area (Å²) in [6.07, 6.45) is 0.963. The van der Waals surface area contributed by atoms with Crippen LogP contribution in [0.2, 0.25) is 0 Å². The fourth-order valence-electron chi connectivity index (χ4n) is 0.527. The third kappa shape index (κ3) is 0.795. The largest absolute Gasteiger partial charge is 0.307 e. The molecule has 2 unspecified atom stereocenters. The van der Waals surface area contributed by atoms with E-state index in [0.717, 1.165) is 6.42 Å². The Morgan fingerprint density at radius 2 is 1.86 bits per heavy atom. The van der Waals surface area contributed by atoms with Gasteiger partial charge in [-0.15, -0.1) is 0 Å². The van der Waals surface area contributed by atoms with Crippen LogP contribution >= 0.6 is 25.3 Å². The van der Waals surface area contributed by atoms with Crippen molar-refractivity contribution < 1.29 is 0 Å². The molecule has 0 aliphatic heterocycles. The summed E-state index contributed by atoms with van der Waals surface area (Å²) >= 11 is 8.13. The van der Waals surface area contributed by atoms with E-state index in [1.807, 2.05) is 0 Å². The van der Waals surface area contributed by atoms with Crippen molar-refractivity contribution in [2.45, 2.75) is 16.9 Å². The Bertz CT molecular complexity index is 91.9. The van der Waals surface area contributed by atoms with Crippen molar-refractivity contribution in [2.24, 2.45) is 0 Å². The minimum Gasteiger partial charge on any atom is -0.307 e. The van der Waals surface area contributed by atoms with Gasteiger partial charge < -0.3 is 5.41 Å². The monoisotopic (exact) mass is 133 g/mol. The van der Waals surface area contributed by atoms with Crippen molar-refractivity contribution in [2.75, 3.05) is 0 Å². The fourth-order valence-corrected chi connectivity index (χ4v) is 1.59. The summed E-state index contributed by atoms with van der Waals surface area (Å²) < 4.78 is 0. The number of hydrogen-bond donors (Lipinski definition) is 3. The first-order chi connectivity index (χ1) is 3.22. The summed E-state index contributed by atoms with van der Waals surface area (Å²) in [4.78, 5) is 0. The summed E-state index contributed by atoms with van der Waals surface area (Å²) in [6.45, 7) is 0. The molecule has 0 radical (unpaired) electrons. The van der Waals surface area contributed by atoms with Gasteiger partial charge in [0.15, 0.2) is 0 Å². The van der Waals surface area contributed by atoms with Gasteiger partial charge in [-0.3, -0.25) is 0 Å². The second kappa shape index (κ2) is 1.71. The van der Waals surface area contributed by atoms with Crippen LogP contribution < -0.4 is 0 Å².